The van der Waals surface area contributed by atoms with Crippen molar-refractivity contribution in [2.24, 2.45) is 5.92 Å². The lowest BCUT2D eigenvalue weighted by Crippen LogP contribution is -1.97. The summed E-state index contributed by atoms with van der Waals surface area (Å²) in [5.41, 5.74) is 0. The van der Waals surface area contributed by atoms with Gasteiger partial charge in [0.05, 0.1) is 0 Å². The third-order valence-corrected chi connectivity index (χ3v) is 2.81. The maximum atomic E-state index is 4.14. The van der Waals surface area contributed by atoms with E-state index < -0.39 is 0 Å². The fourth-order valence-corrected chi connectivity index (χ4v) is 1.77. The van der Waals surface area contributed by atoms with Gasteiger partial charge in [-0.25, -0.2) is 9.97 Å². The van der Waals surface area contributed by atoms with Crippen molar-refractivity contribution in [2.75, 3.05) is 5.75 Å². The topological polar surface area (TPSA) is 25.8 Å². The molecule has 3 heteroatoms. The Morgan fingerprint density at radius 2 is 2.23 bits per heavy atom. The zero-order valence-corrected chi connectivity index (χ0v) is 8.63. The van der Waals surface area contributed by atoms with E-state index in [1.165, 1.54) is 0 Å². The normalized spacial score (nSPS) is 12.4. The van der Waals surface area contributed by atoms with Gasteiger partial charge in [0.25, 0.3) is 0 Å². The SMILES string of the molecule is C=CCC(C)CSc1ncccn1. The molecule has 0 saturated carbocycles. The first-order valence-electron chi connectivity index (χ1n) is 4.33. The van der Waals surface area contributed by atoms with Crippen LogP contribution >= 0.6 is 11.8 Å². The number of allylic oxidation sites excluding steroid dienone is 1. The van der Waals surface area contributed by atoms with Crippen LogP contribution in [0.15, 0.2) is 36.3 Å². The third kappa shape index (κ3) is 4.08. The number of aromatic nitrogens is 2. The molecule has 1 heterocycles. The summed E-state index contributed by atoms with van der Waals surface area (Å²) in [4.78, 5) is 8.27. The van der Waals surface area contributed by atoms with Crippen molar-refractivity contribution >= 4 is 11.8 Å². The molecule has 1 atom stereocenters. The zero-order chi connectivity index (χ0) is 9.52. The summed E-state index contributed by atoms with van der Waals surface area (Å²) in [5, 5.41) is 0.860. The average Bonchev–Trinajstić information content (AvgIpc) is 2.17. The number of nitrogens with zero attached hydrogens (tertiary/aromatic N) is 2. The minimum atomic E-state index is 0.645. The summed E-state index contributed by atoms with van der Waals surface area (Å²) in [5.74, 6) is 1.70. The van der Waals surface area contributed by atoms with Crippen LogP contribution in [0.25, 0.3) is 0 Å². The molecular formula is C10H14N2S. The molecular weight excluding hydrogens is 180 g/mol. The second-order valence-corrected chi connectivity index (χ2v) is 3.96. The second-order valence-electron chi connectivity index (χ2n) is 2.97. The first-order valence-corrected chi connectivity index (χ1v) is 5.32. The van der Waals surface area contributed by atoms with Gasteiger partial charge >= 0.3 is 0 Å². The summed E-state index contributed by atoms with van der Waals surface area (Å²) in [7, 11) is 0. The molecule has 0 amide bonds. The molecule has 0 aliphatic heterocycles. The van der Waals surface area contributed by atoms with E-state index in [4.69, 9.17) is 0 Å². The van der Waals surface area contributed by atoms with Gasteiger partial charge in [0, 0.05) is 18.1 Å². The number of hydrogen-bond donors (Lipinski definition) is 0. The van der Waals surface area contributed by atoms with Gasteiger partial charge in [-0.15, -0.1) is 6.58 Å². The Hall–Kier alpha value is -0.830. The van der Waals surface area contributed by atoms with Crippen LogP contribution < -0.4 is 0 Å². The smallest absolute Gasteiger partial charge is 0.187 e. The van der Waals surface area contributed by atoms with Crippen LogP contribution in [0.4, 0.5) is 0 Å². The van der Waals surface area contributed by atoms with Crippen LogP contribution in [0, 0.1) is 5.92 Å². The summed E-state index contributed by atoms with van der Waals surface area (Å²) < 4.78 is 0. The highest BCUT2D eigenvalue weighted by Gasteiger charge is 2.01. The Morgan fingerprint density at radius 1 is 1.54 bits per heavy atom. The van der Waals surface area contributed by atoms with Crippen molar-refractivity contribution < 1.29 is 0 Å². The molecule has 0 saturated heterocycles. The first-order chi connectivity index (χ1) is 6.33. The van der Waals surface area contributed by atoms with Crippen LogP contribution in [0.5, 0.6) is 0 Å². The van der Waals surface area contributed by atoms with Gasteiger partial charge in [-0.2, -0.15) is 0 Å². The molecule has 0 fully saturated rings. The van der Waals surface area contributed by atoms with E-state index >= 15 is 0 Å². The number of rotatable bonds is 5. The summed E-state index contributed by atoms with van der Waals surface area (Å²) in [6.07, 6.45) is 6.55. The summed E-state index contributed by atoms with van der Waals surface area (Å²) in [6, 6.07) is 1.83. The van der Waals surface area contributed by atoms with Gasteiger partial charge in [-0.1, -0.05) is 24.8 Å². The highest BCUT2D eigenvalue weighted by molar-refractivity contribution is 7.99. The van der Waals surface area contributed by atoms with Crippen LogP contribution in [0.3, 0.4) is 0 Å². The van der Waals surface area contributed by atoms with Gasteiger partial charge < -0.3 is 0 Å². The van der Waals surface area contributed by atoms with Gasteiger partial charge in [0.2, 0.25) is 0 Å². The third-order valence-electron chi connectivity index (χ3n) is 1.61. The van der Waals surface area contributed by atoms with E-state index in [1.54, 1.807) is 24.2 Å². The molecule has 0 N–H and O–H groups in total. The average molecular weight is 194 g/mol. The fourth-order valence-electron chi connectivity index (χ4n) is 0.929. The lowest BCUT2D eigenvalue weighted by atomic mass is 10.1. The van der Waals surface area contributed by atoms with E-state index in [1.807, 2.05) is 12.1 Å². The maximum absolute atomic E-state index is 4.14. The largest absolute Gasteiger partial charge is 0.231 e. The van der Waals surface area contributed by atoms with Crippen molar-refractivity contribution in [1.29, 1.82) is 0 Å². The predicted octanol–water partition coefficient (Wildman–Crippen LogP) is 2.78. The second kappa shape index (κ2) is 5.75. The zero-order valence-electron chi connectivity index (χ0n) is 7.81. The van der Waals surface area contributed by atoms with E-state index in [9.17, 15) is 0 Å². The van der Waals surface area contributed by atoms with E-state index in [0.29, 0.717) is 5.92 Å². The van der Waals surface area contributed by atoms with Crippen molar-refractivity contribution in [3.8, 4) is 0 Å². The Bertz CT molecular complexity index is 248. The van der Waals surface area contributed by atoms with Gasteiger partial charge in [0.1, 0.15) is 0 Å². The number of hydrogen-bond acceptors (Lipinski definition) is 3. The summed E-state index contributed by atoms with van der Waals surface area (Å²) in [6.45, 7) is 5.92. The lowest BCUT2D eigenvalue weighted by molar-refractivity contribution is 0.675. The van der Waals surface area contributed by atoms with E-state index in [2.05, 4.69) is 23.5 Å². The Labute approximate surface area is 83.5 Å². The first kappa shape index (κ1) is 10.3. The molecule has 2 nitrogen and oxygen atoms in total. The molecule has 0 aliphatic rings. The molecule has 70 valence electrons. The van der Waals surface area contributed by atoms with Crippen molar-refractivity contribution in [2.45, 2.75) is 18.5 Å². The monoisotopic (exact) mass is 194 g/mol. The van der Waals surface area contributed by atoms with E-state index in [-0.39, 0.29) is 0 Å². The lowest BCUT2D eigenvalue weighted by Gasteiger charge is -2.05. The molecule has 0 spiro atoms. The van der Waals surface area contributed by atoms with Crippen molar-refractivity contribution in [3.05, 3.63) is 31.1 Å². The maximum Gasteiger partial charge on any atom is 0.187 e. The minimum absolute atomic E-state index is 0.645. The molecule has 13 heavy (non-hydrogen) atoms. The van der Waals surface area contributed by atoms with Crippen LogP contribution in [0.1, 0.15) is 13.3 Å². The molecule has 1 unspecified atom stereocenters. The molecule has 1 aromatic heterocycles. The predicted molar refractivity (Wildman–Crippen MR) is 56.7 cm³/mol. The number of thioether (sulfide) groups is 1. The Balaban J connectivity index is 2.30. The molecule has 0 bridgehead atoms. The standard InChI is InChI=1S/C10H14N2S/c1-3-5-9(2)8-13-10-11-6-4-7-12-10/h3-4,6-7,9H,1,5,8H2,2H3. The van der Waals surface area contributed by atoms with Crippen LogP contribution in [-0.4, -0.2) is 15.7 Å². The highest BCUT2D eigenvalue weighted by atomic mass is 32.2. The van der Waals surface area contributed by atoms with Crippen molar-refractivity contribution in [3.63, 3.8) is 0 Å². The van der Waals surface area contributed by atoms with Crippen molar-refractivity contribution in [1.82, 2.24) is 9.97 Å². The molecule has 0 aliphatic carbocycles. The molecule has 1 rings (SSSR count). The quantitative estimate of drug-likeness (QED) is 0.409. The van der Waals surface area contributed by atoms with Crippen LogP contribution in [-0.2, 0) is 0 Å². The van der Waals surface area contributed by atoms with Gasteiger partial charge in [0.15, 0.2) is 5.16 Å². The highest BCUT2D eigenvalue weighted by Crippen LogP contribution is 2.17. The minimum Gasteiger partial charge on any atom is -0.231 e. The molecule has 0 radical (unpaired) electrons. The fraction of sp³-hybridized carbons (Fsp3) is 0.400. The molecule has 0 aromatic carbocycles. The Kier molecular flexibility index (Phi) is 4.54. The van der Waals surface area contributed by atoms with Gasteiger partial charge in [-0.05, 0) is 18.4 Å². The summed E-state index contributed by atoms with van der Waals surface area (Å²) >= 11 is 1.70. The molecule has 1 aromatic rings. The van der Waals surface area contributed by atoms with Crippen LogP contribution in [0.2, 0.25) is 0 Å². The Morgan fingerprint density at radius 3 is 2.85 bits per heavy atom. The van der Waals surface area contributed by atoms with E-state index in [0.717, 1.165) is 17.3 Å². The van der Waals surface area contributed by atoms with Gasteiger partial charge in [-0.3, -0.25) is 0 Å².